The summed E-state index contributed by atoms with van der Waals surface area (Å²) in [5, 5.41) is 10.6. The number of ether oxygens (including phenoxy) is 1. The molecule has 19 heavy (non-hydrogen) atoms. The largest absolute Gasteiger partial charge is 0.476 e. The molecule has 7 heteroatoms. The summed E-state index contributed by atoms with van der Waals surface area (Å²) in [7, 11) is 0. The van der Waals surface area contributed by atoms with Crippen LogP contribution in [0.5, 0.6) is 5.88 Å². The minimum Gasteiger partial charge on any atom is -0.476 e. The molecule has 0 atom stereocenters. The van der Waals surface area contributed by atoms with Crippen LogP contribution in [0.25, 0.3) is 0 Å². The number of aromatic nitrogens is 3. The van der Waals surface area contributed by atoms with Crippen LogP contribution in [0.4, 0.5) is 5.69 Å². The summed E-state index contributed by atoms with van der Waals surface area (Å²) in [4.78, 5) is 14.0. The second kappa shape index (κ2) is 4.75. The number of aryl methyl sites for hydroxylation is 1. The van der Waals surface area contributed by atoms with Crippen molar-refractivity contribution in [1.29, 1.82) is 0 Å². The third-order valence-corrected chi connectivity index (χ3v) is 3.03. The molecule has 0 radical (unpaired) electrons. The van der Waals surface area contributed by atoms with Crippen molar-refractivity contribution in [1.82, 2.24) is 15.4 Å². The number of rotatable bonds is 3. The van der Waals surface area contributed by atoms with Crippen LogP contribution in [0.15, 0.2) is 16.8 Å². The Kier molecular flexibility index (Phi) is 2.94. The summed E-state index contributed by atoms with van der Waals surface area (Å²) >= 11 is 0. The summed E-state index contributed by atoms with van der Waals surface area (Å²) < 4.78 is 10.2. The van der Waals surface area contributed by atoms with Crippen LogP contribution >= 0.6 is 0 Å². The average molecular weight is 262 g/mol. The molecule has 2 aromatic heterocycles. The molecule has 1 amide bonds. The molecule has 3 rings (SSSR count). The smallest absolute Gasteiger partial charge is 0.297 e. The predicted molar refractivity (Wildman–Crippen MR) is 66.3 cm³/mol. The number of nitrogens with zero attached hydrogens (tertiary/aromatic N) is 3. The van der Waals surface area contributed by atoms with Crippen LogP contribution in [0.3, 0.4) is 0 Å². The number of nitrogens with one attached hydrogen (secondary N) is 1. The van der Waals surface area contributed by atoms with Gasteiger partial charge in [-0.2, -0.15) is 5.10 Å². The molecule has 7 nitrogen and oxygen atoms in total. The number of H-pyrrole nitrogens is 1. The Morgan fingerprint density at radius 2 is 2.53 bits per heavy atom. The molecule has 2 aromatic rings. The zero-order chi connectivity index (χ0) is 13.2. The number of fused-ring (bicyclic) bond motifs is 1. The average Bonchev–Trinajstić information content (AvgIpc) is 3.06. The summed E-state index contributed by atoms with van der Waals surface area (Å²) in [6.07, 6.45) is 3.46. The van der Waals surface area contributed by atoms with Crippen LogP contribution in [-0.4, -0.2) is 34.4 Å². The van der Waals surface area contributed by atoms with Gasteiger partial charge in [-0.05, 0) is 24.9 Å². The van der Waals surface area contributed by atoms with Crippen LogP contribution in [-0.2, 0) is 6.42 Å². The summed E-state index contributed by atoms with van der Waals surface area (Å²) in [6, 6.07) is 1.51. The monoisotopic (exact) mass is 262 g/mol. The van der Waals surface area contributed by atoms with Gasteiger partial charge < -0.3 is 14.2 Å². The SMILES string of the molecule is CCOc1cc(C(=O)N2CCCc3[nH]ncc32)on1. The molecule has 0 fully saturated rings. The molecule has 3 heterocycles. The molecule has 0 saturated heterocycles. The van der Waals surface area contributed by atoms with E-state index in [1.807, 2.05) is 6.92 Å². The third-order valence-electron chi connectivity index (χ3n) is 3.03. The lowest BCUT2D eigenvalue weighted by atomic mass is 10.1. The lowest BCUT2D eigenvalue weighted by Gasteiger charge is -2.24. The summed E-state index contributed by atoms with van der Waals surface area (Å²) in [5.41, 5.74) is 1.79. The third kappa shape index (κ3) is 2.07. The summed E-state index contributed by atoms with van der Waals surface area (Å²) in [5.74, 6) is 0.286. The highest BCUT2D eigenvalue weighted by Crippen LogP contribution is 2.26. The van der Waals surface area contributed by atoms with Crippen molar-refractivity contribution in [3.8, 4) is 5.88 Å². The molecule has 1 aliphatic heterocycles. The Morgan fingerprint density at radius 1 is 1.63 bits per heavy atom. The van der Waals surface area contributed by atoms with Gasteiger partial charge in [0.2, 0.25) is 5.76 Å². The van der Waals surface area contributed by atoms with E-state index in [9.17, 15) is 4.79 Å². The van der Waals surface area contributed by atoms with Gasteiger partial charge in [0.15, 0.2) is 0 Å². The van der Waals surface area contributed by atoms with E-state index in [-0.39, 0.29) is 11.7 Å². The van der Waals surface area contributed by atoms with Crippen LogP contribution < -0.4 is 9.64 Å². The Bertz CT molecular complexity index is 589. The van der Waals surface area contributed by atoms with Gasteiger partial charge in [-0.1, -0.05) is 0 Å². The normalized spacial score (nSPS) is 14.3. The minimum absolute atomic E-state index is 0.178. The van der Waals surface area contributed by atoms with Gasteiger partial charge >= 0.3 is 0 Å². The van der Waals surface area contributed by atoms with Gasteiger partial charge in [0, 0.05) is 6.54 Å². The van der Waals surface area contributed by atoms with E-state index in [2.05, 4.69) is 15.4 Å². The molecule has 1 aliphatic rings. The lowest BCUT2D eigenvalue weighted by Crippen LogP contribution is -2.34. The fourth-order valence-electron chi connectivity index (χ4n) is 2.18. The maximum atomic E-state index is 12.4. The quantitative estimate of drug-likeness (QED) is 0.903. The second-order valence-corrected chi connectivity index (χ2v) is 4.26. The first kappa shape index (κ1) is 11.8. The number of carbonyl (C=O) groups excluding carboxylic acids is 1. The van der Waals surface area contributed by atoms with Gasteiger partial charge in [0.25, 0.3) is 11.8 Å². The molecule has 0 bridgehead atoms. The molecule has 0 aromatic carbocycles. The van der Waals surface area contributed by atoms with Crippen molar-refractivity contribution in [2.75, 3.05) is 18.1 Å². The van der Waals surface area contributed by atoms with Crippen molar-refractivity contribution < 1.29 is 14.1 Å². The first-order valence-corrected chi connectivity index (χ1v) is 6.23. The van der Waals surface area contributed by atoms with E-state index >= 15 is 0 Å². The van der Waals surface area contributed by atoms with E-state index in [4.69, 9.17) is 9.26 Å². The van der Waals surface area contributed by atoms with E-state index in [0.717, 1.165) is 24.2 Å². The van der Waals surface area contributed by atoms with Crippen LogP contribution in [0, 0.1) is 0 Å². The predicted octanol–water partition coefficient (Wildman–Crippen LogP) is 1.39. The van der Waals surface area contributed by atoms with E-state index in [1.165, 1.54) is 6.07 Å². The topological polar surface area (TPSA) is 84.2 Å². The van der Waals surface area contributed by atoms with E-state index < -0.39 is 0 Å². The highest BCUT2D eigenvalue weighted by molar-refractivity contribution is 6.04. The number of carbonyl (C=O) groups is 1. The first-order valence-electron chi connectivity index (χ1n) is 6.23. The Balaban J connectivity index is 1.84. The van der Waals surface area contributed by atoms with Crippen molar-refractivity contribution in [3.63, 3.8) is 0 Å². The molecule has 0 saturated carbocycles. The fourth-order valence-corrected chi connectivity index (χ4v) is 2.18. The van der Waals surface area contributed by atoms with Gasteiger partial charge in [0.05, 0.1) is 30.3 Å². The first-order chi connectivity index (χ1) is 9.29. The van der Waals surface area contributed by atoms with Gasteiger partial charge in [-0.25, -0.2) is 0 Å². The molecule has 0 aliphatic carbocycles. The molecular weight excluding hydrogens is 248 g/mol. The van der Waals surface area contributed by atoms with E-state index in [1.54, 1.807) is 11.1 Å². The maximum absolute atomic E-state index is 12.4. The van der Waals surface area contributed by atoms with E-state index in [0.29, 0.717) is 19.0 Å². The second-order valence-electron chi connectivity index (χ2n) is 4.26. The Labute approximate surface area is 109 Å². The van der Waals surface area contributed by atoms with Crippen molar-refractivity contribution in [2.24, 2.45) is 0 Å². The van der Waals surface area contributed by atoms with Gasteiger partial charge in [-0.15, -0.1) is 0 Å². The standard InChI is InChI=1S/C12H14N4O3/c1-2-18-11-6-10(19-15-11)12(17)16-5-3-4-8-9(16)7-13-14-8/h6-7H,2-5H2,1H3,(H,13,14). The highest BCUT2D eigenvalue weighted by Gasteiger charge is 2.27. The fraction of sp³-hybridized carbons (Fsp3) is 0.417. The molecule has 0 spiro atoms. The van der Waals surface area contributed by atoms with Crippen LogP contribution in [0.2, 0.25) is 0 Å². The molecule has 100 valence electrons. The van der Waals surface area contributed by atoms with Gasteiger partial charge in [0.1, 0.15) is 0 Å². The molecule has 1 N–H and O–H groups in total. The Hall–Kier alpha value is -2.31. The maximum Gasteiger partial charge on any atom is 0.297 e. The molecular formula is C12H14N4O3. The van der Waals surface area contributed by atoms with Crippen LogP contribution in [0.1, 0.15) is 29.6 Å². The number of anilines is 1. The summed E-state index contributed by atoms with van der Waals surface area (Å²) in [6.45, 7) is 2.98. The zero-order valence-corrected chi connectivity index (χ0v) is 10.5. The van der Waals surface area contributed by atoms with Crippen molar-refractivity contribution in [3.05, 3.63) is 23.7 Å². The minimum atomic E-state index is -0.221. The number of aromatic amines is 1. The Morgan fingerprint density at radius 3 is 3.37 bits per heavy atom. The number of hydrogen-bond donors (Lipinski definition) is 1. The molecule has 0 unspecified atom stereocenters. The lowest BCUT2D eigenvalue weighted by molar-refractivity contribution is 0.0949. The zero-order valence-electron chi connectivity index (χ0n) is 10.5. The van der Waals surface area contributed by atoms with Crippen molar-refractivity contribution in [2.45, 2.75) is 19.8 Å². The highest BCUT2D eigenvalue weighted by atomic mass is 16.5. The number of amides is 1. The van der Waals surface area contributed by atoms with Crippen molar-refractivity contribution >= 4 is 11.6 Å². The van der Waals surface area contributed by atoms with Gasteiger partial charge in [-0.3, -0.25) is 9.89 Å². The number of hydrogen-bond acceptors (Lipinski definition) is 5.